The van der Waals surface area contributed by atoms with Crippen LogP contribution in [0.5, 0.6) is 0 Å². The van der Waals surface area contributed by atoms with E-state index in [1.165, 1.54) is 6.07 Å². The standard InChI is InChI=1S/C25H17N5O2/c1-3-23(31)28-22-14-19(7-5-16(22)2)30-24(32)10-6-17-15-26-21-9-8-18(13-20(21)25(17)30)29-12-4-11-27-29/h1,4-15H,2H3,(H,28,31). The number of pyridine rings is 2. The number of carbonyl (C=O) groups excluding carboxylic acids is 1. The molecule has 154 valence electrons. The predicted molar refractivity (Wildman–Crippen MR) is 124 cm³/mol. The van der Waals surface area contributed by atoms with E-state index in [1.807, 2.05) is 55.4 Å². The lowest BCUT2D eigenvalue weighted by Gasteiger charge is -2.15. The molecule has 0 bridgehead atoms. The van der Waals surface area contributed by atoms with Crippen molar-refractivity contribution in [3.63, 3.8) is 0 Å². The first kappa shape index (κ1) is 19.3. The van der Waals surface area contributed by atoms with Crippen molar-refractivity contribution in [3.8, 4) is 23.7 Å². The molecule has 0 saturated carbocycles. The van der Waals surface area contributed by atoms with Gasteiger partial charge in [-0.15, -0.1) is 6.42 Å². The summed E-state index contributed by atoms with van der Waals surface area (Å²) in [5, 5.41) is 8.61. The topological polar surface area (TPSA) is 81.8 Å². The quantitative estimate of drug-likeness (QED) is 0.358. The summed E-state index contributed by atoms with van der Waals surface area (Å²) in [6.45, 7) is 1.86. The summed E-state index contributed by atoms with van der Waals surface area (Å²) in [6.07, 6.45) is 10.5. The number of terminal acetylenes is 1. The Bertz CT molecular complexity index is 1610. The van der Waals surface area contributed by atoms with Crippen molar-refractivity contribution in [1.82, 2.24) is 19.3 Å². The lowest BCUT2D eigenvalue weighted by atomic mass is 10.1. The molecule has 0 spiro atoms. The molecule has 2 aromatic carbocycles. The summed E-state index contributed by atoms with van der Waals surface area (Å²) in [6, 6.07) is 16.3. The van der Waals surface area contributed by atoms with Crippen molar-refractivity contribution < 1.29 is 4.79 Å². The molecule has 32 heavy (non-hydrogen) atoms. The number of carbonyl (C=O) groups is 1. The van der Waals surface area contributed by atoms with Gasteiger partial charge in [0.15, 0.2) is 0 Å². The molecule has 1 N–H and O–H groups in total. The molecule has 3 aromatic heterocycles. The van der Waals surface area contributed by atoms with Crippen LogP contribution in [0.15, 0.2) is 78.0 Å². The van der Waals surface area contributed by atoms with Gasteiger partial charge in [-0.1, -0.05) is 6.07 Å². The fourth-order valence-corrected chi connectivity index (χ4v) is 3.76. The molecule has 0 saturated heterocycles. The van der Waals surface area contributed by atoms with Gasteiger partial charge in [0.25, 0.3) is 11.5 Å². The number of anilines is 1. The first-order chi connectivity index (χ1) is 15.5. The molecule has 1 amide bonds. The van der Waals surface area contributed by atoms with Gasteiger partial charge >= 0.3 is 0 Å². The monoisotopic (exact) mass is 419 g/mol. The molecule has 0 atom stereocenters. The maximum absolute atomic E-state index is 13.1. The highest BCUT2D eigenvalue weighted by atomic mass is 16.1. The molecule has 0 radical (unpaired) electrons. The maximum atomic E-state index is 13.1. The van der Waals surface area contributed by atoms with Crippen molar-refractivity contribution >= 4 is 33.4 Å². The van der Waals surface area contributed by atoms with Crippen molar-refractivity contribution in [2.45, 2.75) is 6.92 Å². The second-order valence-electron chi connectivity index (χ2n) is 7.32. The summed E-state index contributed by atoms with van der Waals surface area (Å²) < 4.78 is 3.38. The van der Waals surface area contributed by atoms with Gasteiger partial charge in [-0.3, -0.25) is 19.1 Å². The molecule has 0 fully saturated rings. The van der Waals surface area contributed by atoms with Gasteiger partial charge in [0.1, 0.15) is 0 Å². The van der Waals surface area contributed by atoms with E-state index in [-0.39, 0.29) is 5.56 Å². The Hall–Kier alpha value is -4.70. The smallest absolute Gasteiger partial charge is 0.300 e. The van der Waals surface area contributed by atoms with Crippen LogP contribution in [-0.2, 0) is 4.79 Å². The second kappa shape index (κ2) is 7.52. The van der Waals surface area contributed by atoms with Crippen LogP contribution in [-0.4, -0.2) is 25.2 Å². The first-order valence-electron chi connectivity index (χ1n) is 9.88. The van der Waals surface area contributed by atoms with Crippen molar-refractivity contribution in [1.29, 1.82) is 0 Å². The van der Waals surface area contributed by atoms with Gasteiger partial charge in [0.05, 0.1) is 22.4 Å². The predicted octanol–water partition coefficient (Wildman–Crippen LogP) is 3.60. The van der Waals surface area contributed by atoms with Crippen molar-refractivity contribution in [3.05, 3.63) is 89.1 Å². The highest BCUT2D eigenvalue weighted by Crippen LogP contribution is 2.28. The van der Waals surface area contributed by atoms with Crippen LogP contribution in [0.1, 0.15) is 5.56 Å². The van der Waals surface area contributed by atoms with Crippen LogP contribution in [0.3, 0.4) is 0 Å². The number of aromatic nitrogens is 4. The average molecular weight is 419 g/mol. The Morgan fingerprint density at radius 1 is 1.09 bits per heavy atom. The summed E-state index contributed by atoms with van der Waals surface area (Å²) in [7, 11) is 0. The Morgan fingerprint density at radius 3 is 2.72 bits per heavy atom. The third kappa shape index (κ3) is 3.20. The fourth-order valence-electron chi connectivity index (χ4n) is 3.76. The summed E-state index contributed by atoms with van der Waals surface area (Å²) in [5.74, 6) is 1.50. The lowest BCUT2D eigenvalue weighted by molar-refractivity contribution is -0.111. The molecule has 0 aliphatic rings. The Balaban J connectivity index is 1.82. The minimum Gasteiger partial charge on any atom is -0.315 e. The van der Waals surface area contributed by atoms with Gasteiger partial charge in [0, 0.05) is 41.1 Å². The van der Waals surface area contributed by atoms with E-state index in [9.17, 15) is 9.59 Å². The van der Waals surface area contributed by atoms with E-state index in [2.05, 4.69) is 15.4 Å². The van der Waals surface area contributed by atoms with Gasteiger partial charge in [-0.25, -0.2) is 4.68 Å². The zero-order valence-electron chi connectivity index (χ0n) is 17.1. The third-order valence-electron chi connectivity index (χ3n) is 5.33. The van der Waals surface area contributed by atoms with E-state index in [4.69, 9.17) is 6.42 Å². The minimum absolute atomic E-state index is 0.201. The van der Waals surface area contributed by atoms with Gasteiger partial charge < -0.3 is 5.32 Å². The van der Waals surface area contributed by atoms with E-state index in [1.54, 1.807) is 33.8 Å². The molecular weight excluding hydrogens is 402 g/mol. The first-order valence-corrected chi connectivity index (χ1v) is 9.88. The Morgan fingerprint density at radius 2 is 1.94 bits per heavy atom. The summed E-state index contributed by atoms with van der Waals surface area (Å²) in [5.41, 5.74) is 4.10. The number of aryl methyl sites for hydroxylation is 1. The Labute approximate surface area is 182 Å². The minimum atomic E-state index is -0.547. The second-order valence-corrected chi connectivity index (χ2v) is 7.32. The zero-order valence-corrected chi connectivity index (χ0v) is 17.1. The average Bonchev–Trinajstić information content (AvgIpc) is 3.35. The number of amides is 1. The SMILES string of the molecule is C#CC(=O)Nc1cc(-n2c(=O)ccc3cnc4ccc(-n5cccn5)cc4c32)ccc1C. The van der Waals surface area contributed by atoms with Crippen molar-refractivity contribution in [2.24, 2.45) is 0 Å². The molecule has 7 nitrogen and oxygen atoms in total. The van der Waals surface area contributed by atoms with E-state index >= 15 is 0 Å². The van der Waals surface area contributed by atoms with Crippen LogP contribution >= 0.6 is 0 Å². The summed E-state index contributed by atoms with van der Waals surface area (Å²) >= 11 is 0. The largest absolute Gasteiger partial charge is 0.315 e. The highest BCUT2D eigenvalue weighted by Gasteiger charge is 2.13. The van der Waals surface area contributed by atoms with E-state index in [0.29, 0.717) is 11.4 Å². The number of rotatable bonds is 3. The van der Waals surface area contributed by atoms with Crippen molar-refractivity contribution in [2.75, 3.05) is 5.32 Å². The number of hydrogen-bond donors (Lipinski definition) is 1. The molecule has 0 aliphatic heterocycles. The maximum Gasteiger partial charge on any atom is 0.300 e. The van der Waals surface area contributed by atoms with Crippen LogP contribution < -0.4 is 10.9 Å². The fraction of sp³-hybridized carbons (Fsp3) is 0.0400. The number of fused-ring (bicyclic) bond motifs is 3. The summed E-state index contributed by atoms with van der Waals surface area (Å²) in [4.78, 5) is 29.4. The van der Waals surface area contributed by atoms with Gasteiger partial charge in [-0.2, -0.15) is 5.10 Å². The molecule has 5 rings (SSSR count). The molecular formula is C25H17N5O2. The van der Waals surface area contributed by atoms with Gasteiger partial charge in [-0.05, 0) is 60.9 Å². The Kier molecular flexibility index (Phi) is 4.53. The highest BCUT2D eigenvalue weighted by molar-refractivity contribution is 6.05. The number of hydrogen-bond acceptors (Lipinski definition) is 4. The van der Waals surface area contributed by atoms with Gasteiger partial charge in [0.2, 0.25) is 0 Å². The molecule has 3 heterocycles. The molecule has 0 aliphatic carbocycles. The van der Waals surface area contributed by atoms with Crippen LogP contribution in [0.2, 0.25) is 0 Å². The van der Waals surface area contributed by atoms with Crippen LogP contribution in [0, 0.1) is 19.3 Å². The van der Waals surface area contributed by atoms with E-state index in [0.717, 1.165) is 33.1 Å². The van der Waals surface area contributed by atoms with Crippen LogP contribution in [0.4, 0.5) is 5.69 Å². The lowest BCUT2D eigenvalue weighted by Crippen LogP contribution is -2.18. The van der Waals surface area contributed by atoms with E-state index < -0.39 is 5.91 Å². The zero-order chi connectivity index (χ0) is 22.2. The molecule has 0 unspecified atom stereocenters. The number of nitrogens with one attached hydrogen (secondary N) is 1. The molecule has 5 aromatic rings. The molecule has 7 heteroatoms. The normalized spacial score (nSPS) is 10.9. The number of benzene rings is 2. The van der Waals surface area contributed by atoms with Crippen LogP contribution in [0.25, 0.3) is 33.2 Å². The number of nitrogens with zero attached hydrogens (tertiary/aromatic N) is 4. The third-order valence-corrected chi connectivity index (χ3v) is 5.33.